The van der Waals surface area contributed by atoms with Crippen LogP contribution in [0.15, 0.2) is 43.0 Å². The maximum Gasteiger partial charge on any atom is 0.284 e. The average Bonchev–Trinajstić information content (AvgIpc) is 2.25. The van der Waals surface area contributed by atoms with Crippen molar-refractivity contribution in [2.45, 2.75) is 26.1 Å². The normalized spacial score (nSPS) is 15.5. The molecule has 1 nitrogen and oxygen atoms in total. The van der Waals surface area contributed by atoms with Gasteiger partial charge in [0.1, 0.15) is 0 Å². The molecular weight excluding hydrogens is 236 g/mol. The topological polar surface area (TPSA) is 9.23 Å². The molecule has 16 heavy (non-hydrogen) atoms. The van der Waals surface area contributed by atoms with E-state index in [4.69, 9.17) is 15.5 Å². The van der Waals surface area contributed by atoms with Gasteiger partial charge in [-0.3, -0.25) is 0 Å². The van der Waals surface area contributed by atoms with E-state index in [0.717, 1.165) is 5.56 Å². The average molecular weight is 255 g/mol. The molecule has 0 saturated heterocycles. The van der Waals surface area contributed by atoms with Crippen molar-refractivity contribution in [2.24, 2.45) is 5.92 Å². The minimum absolute atomic E-state index is 0.0119. The number of benzene rings is 1. The zero-order valence-corrected chi connectivity index (χ0v) is 11.9. The molecule has 0 unspecified atom stereocenters. The Labute approximate surface area is 104 Å². The molecule has 1 aromatic rings. The van der Waals surface area contributed by atoms with Crippen LogP contribution in [0, 0.1) is 5.92 Å². The first-order valence-electron chi connectivity index (χ1n) is 5.48. The highest BCUT2D eigenvalue weighted by atomic mass is 35.6. The lowest BCUT2D eigenvalue weighted by Gasteiger charge is -2.28. The molecule has 3 heteroatoms. The van der Waals surface area contributed by atoms with E-state index in [9.17, 15) is 0 Å². The standard InChI is InChI=1S/C13H19ClOSi/c1-5-11(2)13(15-16(3,4)14)12-9-7-6-8-10-12/h5-11,13H,1H2,2-4H3/t11-,13-/m0/s1. The SMILES string of the molecule is C=C[C@H](C)[C@H](O[Si](C)(C)Cl)c1ccccc1. The van der Waals surface area contributed by atoms with E-state index in [2.05, 4.69) is 25.6 Å². The summed E-state index contributed by atoms with van der Waals surface area (Å²) < 4.78 is 6.01. The third-order valence-corrected chi connectivity index (χ3v) is 3.47. The quantitative estimate of drug-likeness (QED) is 0.427. The van der Waals surface area contributed by atoms with Crippen LogP contribution in [0.4, 0.5) is 0 Å². The molecular formula is C13H19ClOSi. The first-order valence-corrected chi connectivity index (χ1v) is 9.40. The maximum atomic E-state index is 6.26. The lowest BCUT2D eigenvalue weighted by molar-refractivity contribution is 0.165. The summed E-state index contributed by atoms with van der Waals surface area (Å²) in [7, 11) is -2.06. The Balaban J connectivity index is 2.92. The Morgan fingerprint density at radius 3 is 2.31 bits per heavy atom. The molecule has 1 aromatic carbocycles. The van der Waals surface area contributed by atoms with E-state index < -0.39 is 7.63 Å². The second-order valence-electron chi connectivity index (χ2n) is 4.41. The second kappa shape index (κ2) is 5.67. The molecule has 0 aromatic heterocycles. The van der Waals surface area contributed by atoms with Crippen LogP contribution in [0.5, 0.6) is 0 Å². The fraction of sp³-hybridized carbons (Fsp3) is 0.385. The summed E-state index contributed by atoms with van der Waals surface area (Å²) in [6, 6.07) is 10.2. The summed E-state index contributed by atoms with van der Waals surface area (Å²) in [5.74, 6) is 0.257. The largest absolute Gasteiger partial charge is 0.395 e. The van der Waals surface area contributed by atoms with Gasteiger partial charge in [0.25, 0.3) is 7.63 Å². The number of hydrogen-bond acceptors (Lipinski definition) is 1. The van der Waals surface area contributed by atoms with Gasteiger partial charge in [-0.25, -0.2) is 0 Å². The van der Waals surface area contributed by atoms with Crippen LogP contribution >= 0.6 is 11.1 Å². The van der Waals surface area contributed by atoms with E-state index in [1.165, 1.54) is 0 Å². The van der Waals surface area contributed by atoms with Crippen LogP contribution in [0.3, 0.4) is 0 Å². The zero-order valence-electron chi connectivity index (χ0n) is 10.1. The van der Waals surface area contributed by atoms with Gasteiger partial charge in [-0.05, 0) is 18.7 Å². The highest BCUT2D eigenvalue weighted by Crippen LogP contribution is 2.31. The maximum absolute atomic E-state index is 6.26. The van der Waals surface area contributed by atoms with Gasteiger partial charge >= 0.3 is 0 Å². The van der Waals surface area contributed by atoms with Crippen LogP contribution in [0.25, 0.3) is 0 Å². The molecule has 1 rings (SSSR count). The lowest BCUT2D eigenvalue weighted by atomic mass is 9.98. The summed E-state index contributed by atoms with van der Waals surface area (Å²) in [5.41, 5.74) is 1.16. The third kappa shape index (κ3) is 4.12. The highest BCUT2D eigenvalue weighted by molar-refractivity contribution is 7.15. The van der Waals surface area contributed by atoms with Gasteiger partial charge in [-0.2, -0.15) is 0 Å². The van der Waals surface area contributed by atoms with Crippen molar-refractivity contribution in [2.75, 3.05) is 0 Å². The lowest BCUT2D eigenvalue weighted by Crippen LogP contribution is -2.28. The molecule has 0 saturated carbocycles. The first kappa shape index (κ1) is 13.5. The third-order valence-electron chi connectivity index (χ3n) is 2.38. The molecule has 0 N–H and O–H groups in total. The molecule has 0 aliphatic carbocycles. The van der Waals surface area contributed by atoms with E-state index >= 15 is 0 Å². The van der Waals surface area contributed by atoms with Crippen LogP contribution in [0.1, 0.15) is 18.6 Å². The van der Waals surface area contributed by atoms with Crippen molar-refractivity contribution in [1.29, 1.82) is 0 Å². The van der Waals surface area contributed by atoms with Gasteiger partial charge in [0.15, 0.2) is 0 Å². The Bertz CT molecular complexity index is 332. The minimum atomic E-state index is -2.06. The Morgan fingerprint density at radius 2 is 1.88 bits per heavy atom. The van der Waals surface area contributed by atoms with Crippen molar-refractivity contribution in [3.8, 4) is 0 Å². The Morgan fingerprint density at radius 1 is 1.31 bits per heavy atom. The van der Waals surface area contributed by atoms with Gasteiger partial charge in [0.2, 0.25) is 0 Å². The smallest absolute Gasteiger partial charge is 0.284 e. The molecule has 88 valence electrons. The Hall–Kier alpha value is -0.573. The van der Waals surface area contributed by atoms with Crippen LogP contribution in [0.2, 0.25) is 13.1 Å². The van der Waals surface area contributed by atoms with Gasteiger partial charge in [-0.1, -0.05) is 43.3 Å². The van der Waals surface area contributed by atoms with Crippen molar-refractivity contribution in [1.82, 2.24) is 0 Å². The van der Waals surface area contributed by atoms with Crippen LogP contribution < -0.4 is 0 Å². The van der Waals surface area contributed by atoms with Crippen molar-refractivity contribution in [3.05, 3.63) is 48.6 Å². The molecule has 0 radical (unpaired) electrons. The first-order chi connectivity index (χ1) is 7.44. The van der Waals surface area contributed by atoms with Gasteiger partial charge in [0, 0.05) is 5.92 Å². The van der Waals surface area contributed by atoms with E-state index in [1.54, 1.807) is 0 Å². The molecule has 0 spiro atoms. The van der Waals surface area contributed by atoms with E-state index in [-0.39, 0.29) is 12.0 Å². The summed E-state index contributed by atoms with van der Waals surface area (Å²) in [6.07, 6.45) is 1.92. The monoisotopic (exact) mass is 254 g/mol. The zero-order chi connectivity index (χ0) is 12.2. The summed E-state index contributed by atoms with van der Waals surface area (Å²) >= 11 is 6.26. The highest BCUT2D eigenvalue weighted by Gasteiger charge is 2.27. The fourth-order valence-electron chi connectivity index (χ4n) is 1.55. The molecule has 0 heterocycles. The Kier molecular flexibility index (Phi) is 4.78. The van der Waals surface area contributed by atoms with Gasteiger partial charge in [-0.15, -0.1) is 17.7 Å². The number of rotatable bonds is 5. The number of halogens is 1. The van der Waals surface area contributed by atoms with Gasteiger partial charge < -0.3 is 4.43 Å². The van der Waals surface area contributed by atoms with Crippen LogP contribution in [-0.4, -0.2) is 7.63 Å². The van der Waals surface area contributed by atoms with Crippen molar-refractivity contribution >= 4 is 18.7 Å². The fourth-order valence-corrected chi connectivity index (χ4v) is 2.79. The predicted octanol–water partition coefficient (Wildman–Crippen LogP) is 4.51. The molecule has 2 atom stereocenters. The molecule has 0 aliphatic rings. The summed E-state index contributed by atoms with van der Waals surface area (Å²) in [6.45, 7) is 9.90. The summed E-state index contributed by atoms with van der Waals surface area (Å²) in [4.78, 5) is 0. The summed E-state index contributed by atoms with van der Waals surface area (Å²) in [5, 5.41) is 0. The molecule has 0 aliphatic heterocycles. The minimum Gasteiger partial charge on any atom is -0.395 e. The molecule has 0 bridgehead atoms. The van der Waals surface area contributed by atoms with Crippen LogP contribution in [-0.2, 0) is 4.43 Å². The van der Waals surface area contributed by atoms with Crippen molar-refractivity contribution < 1.29 is 4.43 Å². The van der Waals surface area contributed by atoms with Gasteiger partial charge in [0.05, 0.1) is 6.10 Å². The predicted molar refractivity (Wildman–Crippen MR) is 73.0 cm³/mol. The van der Waals surface area contributed by atoms with E-state index in [0.29, 0.717) is 0 Å². The number of hydrogen-bond donors (Lipinski definition) is 0. The second-order valence-corrected chi connectivity index (χ2v) is 10.1. The van der Waals surface area contributed by atoms with E-state index in [1.807, 2.05) is 37.4 Å². The van der Waals surface area contributed by atoms with Crippen molar-refractivity contribution in [3.63, 3.8) is 0 Å². The molecule has 0 amide bonds. The molecule has 0 fully saturated rings.